The molecule has 0 bridgehead atoms. The van der Waals surface area contributed by atoms with Crippen molar-refractivity contribution in [3.8, 4) is 11.1 Å². The van der Waals surface area contributed by atoms with Gasteiger partial charge in [0.15, 0.2) is 0 Å². The topological polar surface area (TPSA) is 22.0 Å². The van der Waals surface area contributed by atoms with Crippen LogP contribution in [0.2, 0.25) is 0 Å². The van der Waals surface area contributed by atoms with Gasteiger partial charge in [-0.15, -0.1) is 0 Å². The fourth-order valence-electron chi connectivity index (χ4n) is 4.96. The van der Waals surface area contributed by atoms with Crippen LogP contribution >= 0.6 is 11.8 Å². The Morgan fingerprint density at radius 2 is 1.16 bits per heavy atom. The fraction of sp³-hybridized carbons (Fsp3) is 0.107. The van der Waals surface area contributed by atoms with Gasteiger partial charge in [0.1, 0.15) is 0 Å². The molecule has 0 radical (unpaired) electrons. The van der Waals surface area contributed by atoms with Gasteiger partial charge in [0.25, 0.3) is 0 Å². The predicted octanol–water partition coefficient (Wildman–Crippen LogP) is 6.87. The quantitative estimate of drug-likeness (QED) is 0.317. The van der Waals surface area contributed by atoms with Crippen LogP contribution in [0.3, 0.4) is 0 Å². The van der Waals surface area contributed by atoms with Crippen molar-refractivity contribution in [2.24, 2.45) is 0 Å². The maximum Gasteiger partial charge on any atom is 0.208 e. The molecule has 0 aliphatic heterocycles. The second kappa shape index (κ2) is 7.44. The van der Waals surface area contributed by atoms with Crippen LogP contribution in [-0.2, 0) is 11.3 Å². The van der Waals surface area contributed by atoms with Gasteiger partial charge in [-0.2, -0.15) is 0 Å². The molecule has 1 heterocycles. The monoisotopic (exact) mass is 419 g/mol. The summed E-state index contributed by atoms with van der Waals surface area (Å²) in [4.78, 5) is 13.1. The molecule has 0 saturated carbocycles. The number of carbonyl (C=O) groups is 1. The number of carbonyl (C=O) groups excluding carboxylic acids is 1. The third kappa shape index (κ3) is 3.00. The third-order valence-electron chi connectivity index (χ3n) is 6.34. The van der Waals surface area contributed by atoms with Gasteiger partial charge in [-0.1, -0.05) is 96.7 Å². The van der Waals surface area contributed by atoms with E-state index in [1.807, 2.05) is 12.1 Å². The zero-order valence-electron chi connectivity index (χ0n) is 17.0. The molecular formula is C28H21NOS. The minimum absolute atomic E-state index is 0.202. The van der Waals surface area contributed by atoms with Crippen LogP contribution in [0.4, 0.5) is 0 Å². The summed E-state index contributed by atoms with van der Waals surface area (Å²) < 4.78 is 2.16. The summed E-state index contributed by atoms with van der Waals surface area (Å²) in [5.41, 5.74) is 7.52. The van der Waals surface area contributed by atoms with Gasteiger partial charge < -0.3 is 4.57 Å². The van der Waals surface area contributed by atoms with E-state index in [0.717, 1.165) is 16.8 Å². The summed E-state index contributed by atoms with van der Waals surface area (Å²) in [5, 5.41) is 2.61. The SMILES string of the molecule is O=C(Cn1c2ccccc2c2ccccc21)SCC1c2ccccc2-c2ccccc21. The van der Waals surface area contributed by atoms with Crippen LogP contribution in [0.1, 0.15) is 17.0 Å². The highest BCUT2D eigenvalue weighted by atomic mass is 32.2. The van der Waals surface area contributed by atoms with Crippen molar-refractivity contribution >= 4 is 38.7 Å². The summed E-state index contributed by atoms with van der Waals surface area (Å²) >= 11 is 1.46. The molecule has 4 aromatic carbocycles. The van der Waals surface area contributed by atoms with Crippen molar-refractivity contribution in [1.29, 1.82) is 0 Å². The number of rotatable bonds is 4. The average Bonchev–Trinajstić information content (AvgIpc) is 3.31. The van der Waals surface area contributed by atoms with E-state index in [2.05, 4.69) is 89.5 Å². The standard InChI is InChI=1S/C28H21NOS/c30-28(17-29-26-15-7-5-13-23(26)24-14-6-8-16-27(24)29)31-18-25-21-11-3-1-9-19(21)20-10-2-4-12-22(20)25/h1-16,25H,17-18H2. The molecular weight excluding hydrogens is 398 g/mol. The molecule has 0 fully saturated rings. The van der Waals surface area contributed by atoms with Crippen LogP contribution < -0.4 is 0 Å². The number of fused-ring (bicyclic) bond motifs is 6. The smallest absolute Gasteiger partial charge is 0.208 e. The summed E-state index contributed by atoms with van der Waals surface area (Å²) in [5.74, 6) is 1.03. The molecule has 0 spiro atoms. The Morgan fingerprint density at radius 1 is 0.677 bits per heavy atom. The van der Waals surface area contributed by atoms with Gasteiger partial charge in [-0.3, -0.25) is 4.79 Å². The second-order valence-corrected chi connectivity index (χ2v) is 9.11. The summed E-state index contributed by atoms with van der Waals surface area (Å²) in [6.07, 6.45) is 0. The number of thioether (sulfide) groups is 1. The summed E-state index contributed by atoms with van der Waals surface area (Å²) in [6.45, 7) is 0.384. The molecule has 0 N–H and O–H groups in total. The van der Waals surface area contributed by atoms with Gasteiger partial charge in [-0.05, 0) is 34.4 Å². The molecule has 1 aliphatic rings. The summed E-state index contributed by atoms with van der Waals surface area (Å²) in [7, 11) is 0. The highest BCUT2D eigenvalue weighted by Gasteiger charge is 2.28. The minimum Gasteiger partial charge on any atom is -0.332 e. The first kappa shape index (κ1) is 18.5. The van der Waals surface area contributed by atoms with E-state index < -0.39 is 0 Å². The molecule has 0 amide bonds. The Labute approximate surface area is 185 Å². The molecule has 150 valence electrons. The zero-order valence-corrected chi connectivity index (χ0v) is 17.8. The van der Waals surface area contributed by atoms with Gasteiger partial charge in [-0.25, -0.2) is 0 Å². The van der Waals surface area contributed by atoms with Crippen molar-refractivity contribution in [2.75, 3.05) is 5.75 Å². The van der Waals surface area contributed by atoms with Crippen molar-refractivity contribution in [3.63, 3.8) is 0 Å². The first-order valence-electron chi connectivity index (χ1n) is 10.6. The average molecular weight is 420 g/mol. The van der Waals surface area contributed by atoms with Crippen molar-refractivity contribution < 1.29 is 4.79 Å². The number of hydrogen-bond donors (Lipinski definition) is 0. The van der Waals surface area contributed by atoms with E-state index in [4.69, 9.17) is 0 Å². The Balaban J connectivity index is 1.29. The Hall–Kier alpha value is -3.30. The summed E-state index contributed by atoms with van der Waals surface area (Å²) in [6, 6.07) is 33.9. The molecule has 0 saturated heterocycles. The normalized spacial score (nSPS) is 12.9. The molecule has 0 unspecified atom stereocenters. The molecule has 6 rings (SSSR count). The van der Waals surface area contributed by atoms with Crippen molar-refractivity contribution in [1.82, 2.24) is 4.57 Å². The second-order valence-electron chi connectivity index (χ2n) is 8.03. The molecule has 31 heavy (non-hydrogen) atoms. The van der Waals surface area contributed by atoms with E-state index in [1.54, 1.807) is 0 Å². The molecule has 3 heteroatoms. The van der Waals surface area contributed by atoms with Gasteiger partial charge >= 0.3 is 0 Å². The lowest BCUT2D eigenvalue weighted by Gasteiger charge is -2.13. The van der Waals surface area contributed by atoms with Crippen LogP contribution in [0, 0.1) is 0 Å². The molecule has 1 aromatic heterocycles. The van der Waals surface area contributed by atoms with Crippen LogP contribution in [0.5, 0.6) is 0 Å². The van der Waals surface area contributed by atoms with E-state index in [0.29, 0.717) is 6.54 Å². The highest BCUT2D eigenvalue weighted by molar-refractivity contribution is 8.13. The maximum absolute atomic E-state index is 13.1. The van der Waals surface area contributed by atoms with Crippen molar-refractivity contribution in [3.05, 3.63) is 108 Å². The fourth-order valence-corrected chi connectivity index (χ4v) is 5.90. The van der Waals surface area contributed by atoms with Gasteiger partial charge in [0, 0.05) is 33.5 Å². The largest absolute Gasteiger partial charge is 0.332 e. The molecule has 0 atom stereocenters. The highest BCUT2D eigenvalue weighted by Crippen LogP contribution is 2.45. The van der Waals surface area contributed by atoms with E-state index in [9.17, 15) is 4.79 Å². The Morgan fingerprint density at radius 3 is 1.74 bits per heavy atom. The van der Waals surface area contributed by atoms with E-state index >= 15 is 0 Å². The first-order valence-corrected chi connectivity index (χ1v) is 11.6. The van der Waals surface area contributed by atoms with E-state index in [1.165, 1.54) is 44.8 Å². The first-order chi connectivity index (χ1) is 15.3. The molecule has 2 nitrogen and oxygen atoms in total. The van der Waals surface area contributed by atoms with Crippen LogP contribution in [0.15, 0.2) is 97.1 Å². The number of benzene rings is 4. The molecule has 1 aliphatic carbocycles. The number of nitrogens with zero attached hydrogens (tertiary/aromatic N) is 1. The number of aromatic nitrogens is 1. The number of para-hydroxylation sites is 2. The zero-order chi connectivity index (χ0) is 20.8. The number of hydrogen-bond acceptors (Lipinski definition) is 2. The lowest BCUT2D eigenvalue weighted by molar-refractivity contribution is -0.111. The lowest BCUT2D eigenvalue weighted by atomic mass is 9.99. The van der Waals surface area contributed by atoms with Gasteiger partial charge in [0.2, 0.25) is 5.12 Å². The minimum atomic E-state index is 0.202. The molecule has 5 aromatic rings. The Kier molecular flexibility index (Phi) is 4.43. The van der Waals surface area contributed by atoms with Crippen LogP contribution in [-0.4, -0.2) is 15.4 Å². The van der Waals surface area contributed by atoms with Crippen LogP contribution in [0.25, 0.3) is 32.9 Å². The lowest BCUT2D eigenvalue weighted by Crippen LogP contribution is -2.09. The third-order valence-corrected chi connectivity index (χ3v) is 7.29. The van der Waals surface area contributed by atoms with Crippen molar-refractivity contribution in [2.45, 2.75) is 12.5 Å². The predicted molar refractivity (Wildman–Crippen MR) is 131 cm³/mol. The van der Waals surface area contributed by atoms with E-state index in [-0.39, 0.29) is 11.0 Å². The Bertz CT molecular complexity index is 1350. The maximum atomic E-state index is 13.1. The van der Waals surface area contributed by atoms with Gasteiger partial charge in [0.05, 0.1) is 6.54 Å².